The molecule has 0 aromatic rings. The van der Waals surface area contributed by atoms with Gasteiger partial charge in [0.1, 0.15) is 5.78 Å². The second-order valence-electron chi connectivity index (χ2n) is 6.23. The number of hydrogen-bond acceptors (Lipinski definition) is 2. The summed E-state index contributed by atoms with van der Waals surface area (Å²) in [5.41, 5.74) is -0.0990. The van der Waals surface area contributed by atoms with Crippen LogP contribution in [-0.2, 0) is 9.59 Å². The van der Waals surface area contributed by atoms with Crippen LogP contribution in [0.25, 0.3) is 0 Å². The maximum Gasteiger partial charge on any atom is 0.220 e. The van der Waals surface area contributed by atoms with E-state index in [1.807, 2.05) is 0 Å². The Balaban J connectivity index is 4.33. The minimum atomic E-state index is -0.0990. The second-order valence-corrected chi connectivity index (χ2v) is 6.23. The summed E-state index contributed by atoms with van der Waals surface area (Å²) in [6.07, 6.45) is 9.90. The highest BCUT2D eigenvalue weighted by molar-refractivity contribution is 5.83. The minimum absolute atomic E-state index is 0.0238. The van der Waals surface area contributed by atoms with Crippen molar-refractivity contribution < 1.29 is 9.59 Å². The topological polar surface area (TPSA) is 46.2 Å². The molecule has 0 rings (SSSR count). The lowest BCUT2D eigenvalue weighted by Crippen LogP contribution is -2.46. The molecule has 0 saturated carbocycles. The summed E-state index contributed by atoms with van der Waals surface area (Å²) in [7, 11) is 0. The summed E-state index contributed by atoms with van der Waals surface area (Å²) in [5, 5.41) is 3.18. The molecule has 0 aliphatic heterocycles. The number of unbranched alkanes of at least 4 members (excludes halogenated alkanes) is 4. The summed E-state index contributed by atoms with van der Waals surface area (Å²) < 4.78 is 0. The van der Waals surface area contributed by atoms with Gasteiger partial charge in [0.05, 0.1) is 0 Å². The fourth-order valence-electron chi connectivity index (χ4n) is 2.47. The lowest BCUT2D eigenvalue weighted by atomic mass is 9.88. The van der Waals surface area contributed by atoms with E-state index in [1.54, 1.807) is 0 Å². The van der Waals surface area contributed by atoms with Crippen LogP contribution in [0.3, 0.4) is 0 Å². The first-order valence-electron chi connectivity index (χ1n) is 8.24. The van der Waals surface area contributed by atoms with E-state index in [0.717, 1.165) is 25.7 Å². The van der Waals surface area contributed by atoms with Crippen molar-refractivity contribution in [1.29, 1.82) is 0 Å². The van der Waals surface area contributed by atoms with Gasteiger partial charge in [0.15, 0.2) is 0 Å². The van der Waals surface area contributed by atoms with Gasteiger partial charge >= 0.3 is 0 Å². The molecule has 0 radical (unpaired) electrons. The lowest BCUT2D eigenvalue weighted by Gasteiger charge is -2.31. The highest BCUT2D eigenvalue weighted by Crippen LogP contribution is 2.22. The first-order valence-corrected chi connectivity index (χ1v) is 8.24. The van der Waals surface area contributed by atoms with Gasteiger partial charge in [0.2, 0.25) is 5.91 Å². The highest BCUT2D eigenvalue weighted by atomic mass is 16.2. The molecular weight excluding hydrogens is 250 g/mol. The lowest BCUT2D eigenvalue weighted by molar-refractivity contribution is -0.126. The third-order valence-corrected chi connectivity index (χ3v) is 3.81. The Morgan fingerprint density at radius 2 is 1.40 bits per heavy atom. The van der Waals surface area contributed by atoms with Crippen LogP contribution in [0.15, 0.2) is 0 Å². The third-order valence-electron chi connectivity index (χ3n) is 3.81. The summed E-state index contributed by atoms with van der Waals surface area (Å²) >= 11 is 0. The van der Waals surface area contributed by atoms with Crippen molar-refractivity contribution in [1.82, 2.24) is 5.32 Å². The summed E-state index contributed by atoms with van der Waals surface area (Å²) in [6, 6.07) is 0. The van der Waals surface area contributed by atoms with E-state index in [1.165, 1.54) is 32.6 Å². The molecule has 0 spiro atoms. The Labute approximate surface area is 124 Å². The van der Waals surface area contributed by atoms with Gasteiger partial charge in [-0.25, -0.2) is 0 Å². The van der Waals surface area contributed by atoms with Gasteiger partial charge in [-0.3, -0.25) is 4.79 Å². The van der Waals surface area contributed by atoms with Crippen molar-refractivity contribution in [3.63, 3.8) is 0 Å². The fourth-order valence-corrected chi connectivity index (χ4v) is 2.47. The van der Waals surface area contributed by atoms with Gasteiger partial charge in [0.25, 0.3) is 0 Å². The number of amides is 1. The number of Topliss-reactive ketones (excluding diaryl/α,β-unsaturated/α-hetero) is 1. The predicted octanol–water partition coefficient (Wildman–Crippen LogP) is 4.39. The van der Waals surface area contributed by atoms with Crippen molar-refractivity contribution in [2.75, 3.05) is 0 Å². The summed E-state index contributed by atoms with van der Waals surface area (Å²) in [4.78, 5) is 22.9. The Morgan fingerprint density at radius 3 is 1.80 bits per heavy atom. The van der Waals surface area contributed by atoms with Crippen LogP contribution in [0.4, 0.5) is 0 Å². The van der Waals surface area contributed by atoms with E-state index in [2.05, 4.69) is 26.1 Å². The number of ketones is 1. The number of carbonyl (C=O) groups is 2. The van der Waals surface area contributed by atoms with Crippen molar-refractivity contribution >= 4 is 11.7 Å². The Kier molecular flexibility index (Phi) is 10.4. The Hall–Kier alpha value is -0.860. The maximum absolute atomic E-state index is 12.0. The van der Waals surface area contributed by atoms with E-state index in [9.17, 15) is 9.59 Å². The van der Waals surface area contributed by atoms with Crippen LogP contribution in [0, 0.1) is 0 Å². The number of nitrogens with one attached hydrogen (secondary N) is 1. The highest BCUT2D eigenvalue weighted by Gasteiger charge is 2.25. The molecule has 0 saturated heterocycles. The number of hydrogen-bond donors (Lipinski definition) is 1. The Morgan fingerprint density at radius 1 is 0.900 bits per heavy atom. The van der Waals surface area contributed by atoms with Crippen LogP contribution in [-0.4, -0.2) is 17.2 Å². The molecule has 118 valence electrons. The summed E-state index contributed by atoms with van der Waals surface area (Å²) in [5.74, 6) is 0.106. The molecule has 3 nitrogen and oxygen atoms in total. The largest absolute Gasteiger partial charge is 0.351 e. The quantitative estimate of drug-likeness (QED) is 0.540. The van der Waals surface area contributed by atoms with Crippen molar-refractivity contribution in [2.24, 2.45) is 0 Å². The number of carbonyl (C=O) groups excluding carboxylic acids is 2. The molecule has 0 bridgehead atoms. The molecule has 0 aliphatic carbocycles. The monoisotopic (exact) mass is 283 g/mol. The van der Waals surface area contributed by atoms with Gasteiger partial charge in [0, 0.05) is 18.4 Å². The average Bonchev–Trinajstić information content (AvgIpc) is 2.37. The zero-order valence-electron chi connectivity index (χ0n) is 13.9. The van der Waals surface area contributed by atoms with Gasteiger partial charge in [-0.1, -0.05) is 52.4 Å². The van der Waals surface area contributed by atoms with E-state index >= 15 is 0 Å². The molecule has 0 aromatic heterocycles. The van der Waals surface area contributed by atoms with E-state index in [0.29, 0.717) is 12.8 Å². The SMILES string of the molecule is CCCCCC(C)(CCCCC)NC(=O)CCC(C)=O. The minimum Gasteiger partial charge on any atom is -0.351 e. The normalized spacial score (nSPS) is 11.4. The van der Waals surface area contributed by atoms with Gasteiger partial charge in [-0.15, -0.1) is 0 Å². The van der Waals surface area contributed by atoms with Crippen molar-refractivity contribution in [3.8, 4) is 0 Å². The molecular formula is C17H33NO2. The number of rotatable bonds is 12. The molecule has 20 heavy (non-hydrogen) atoms. The van der Waals surface area contributed by atoms with Crippen LogP contribution < -0.4 is 5.32 Å². The molecule has 0 atom stereocenters. The average molecular weight is 283 g/mol. The van der Waals surface area contributed by atoms with E-state index in [-0.39, 0.29) is 17.2 Å². The van der Waals surface area contributed by atoms with Gasteiger partial charge in [-0.2, -0.15) is 0 Å². The van der Waals surface area contributed by atoms with Crippen molar-refractivity contribution in [3.05, 3.63) is 0 Å². The first kappa shape index (κ1) is 19.1. The molecule has 0 aromatic carbocycles. The molecule has 1 amide bonds. The van der Waals surface area contributed by atoms with E-state index in [4.69, 9.17) is 0 Å². The van der Waals surface area contributed by atoms with Crippen LogP contribution in [0.5, 0.6) is 0 Å². The Bertz CT molecular complexity index is 277. The van der Waals surface area contributed by atoms with Crippen LogP contribution >= 0.6 is 0 Å². The van der Waals surface area contributed by atoms with Gasteiger partial charge < -0.3 is 10.1 Å². The van der Waals surface area contributed by atoms with Gasteiger partial charge in [-0.05, 0) is 26.7 Å². The maximum atomic E-state index is 12.0. The van der Waals surface area contributed by atoms with Crippen molar-refractivity contribution in [2.45, 2.75) is 97.4 Å². The molecule has 1 N–H and O–H groups in total. The zero-order valence-corrected chi connectivity index (χ0v) is 13.9. The molecule has 3 heteroatoms. The zero-order chi connectivity index (χ0) is 15.4. The third kappa shape index (κ3) is 9.99. The molecule has 0 aliphatic rings. The second kappa shape index (κ2) is 10.9. The molecule has 0 fully saturated rings. The van der Waals surface area contributed by atoms with Crippen LogP contribution in [0.2, 0.25) is 0 Å². The standard InChI is InChI=1S/C17H33NO2/c1-5-7-9-13-17(4,14-10-8-6-2)18-16(20)12-11-15(3)19/h5-14H2,1-4H3,(H,18,20). The molecule has 0 unspecified atom stereocenters. The predicted molar refractivity (Wildman–Crippen MR) is 84.7 cm³/mol. The smallest absolute Gasteiger partial charge is 0.220 e. The first-order chi connectivity index (χ1) is 9.43. The van der Waals surface area contributed by atoms with E-state index < -0.39 is 0 Å². The fraction of sp³-hybridized carbons (Fsp3) is 0.882. The van der Waals surface area contributed by atoms with Crippen LogP contribution in [0.1, 0.15) is 91.9 Å². The summed E-state index contributed by atoms with van der Waals surface area (Å²) in [6.45, 7) is 8.08. The molecule has 0 heterocycles.